The lowest BCUT2D eigenvalue weighted by atomic mass is 9.95. The highest BCUT2D eigenvalue weighted by molar-refractivity contribution is 5.87. The van der Waals surface area contributed by atoms with Gasteiger partial charge in [-0.2, -0.15) is 0 Å². The van der Waals surface area contributed by atoms with Gasteiger partial charge in [0.1, 0.15) is 5.75 Å². The van der Waals surface area contributed by atoms with Crippen molar-refractivity contribution in [1.82, 2.24) is 5.43 Å². The number of carboxylic acids is 1. The Kier molecular flexibility index (Phi) is 5.32. The molecule has 1 amide bonds. The molecular weight excluding hydrogens is 248 g/mol. The van der Waals surface area contributed by atoms with Gasteiger partial charge < -0.3 is 9.84 Å². The van der Waals surface area contributed by atoms with Crippen molar-refractivity contribution in [3.05, 3.63) is 29.8 Å². The summed E-state index contributed by atoms with van der Waals surface area (Å²) in [6.07, 6.45) is -0.263. The van der Waals surface area contributed by atoms with Crippen LogP contribution in [0.4, 0.5) is 0 Å². The number of ether oxygens (including phenoxy) is 1. The molecule has 4 N–H and O–H groups in total. The molecule has 6 nitrogen and oxygen atoms in total. The number of benzene rings is 1. The Morgan fingerprint density at radius 1 is 1.32 bits per heavy atom. The Balaban J connectivity index is 2.90. The van der Waals surface area contributed by atoms with E-state index < -0.39 is 17.8 Å². The third-order valence-corrected chi connectivity index (χ3v) is 2.49. The van der Waals surface area contributed by atoms with Gasteiger partial charge in [-0.3, -0.25) is 15.0 Å². The van der Waals surface area contributed by atoms with Crippen molar-refractivity contribution in [3.63, 3.8) is 0 Å². The van der Waals surface area contributed by atoms with E-state index in [9.17, 15) is 9.59 Å². The lowest BCUT2D eigenvalue weighted by molar-refractivity contribution is -0.139. The van der Waals surface area contributed by atoms with E-state index in [1.807, 2.05) is 19.3 Å². The normalized spacial score (nSPS) is 12.0. The van der Waals surface area contributed by atoms with Crippen molar-refractivity contribution < 1.29 is 19.4 Å². The second-order valence-electron chi connectivity index (χ2n) is 4.39. The summed E-state index contributed by atoms with van der Waals surface area (Å²) in [6.45, 7) is 3.81. The molecule has 0 aliphatic heterocycles. The van der Waals surface area contributed by atoms with Crippen LogP contribution in [0, 0.1) is 0 Å². The van der Waals surface area contributed by atoms with E-state index in [0.29, 0.717) is 11.3 Å². The number of aliphatic carboxylic acids is 1. The third kappa shape index (κ3) is 4.59. The number of carbonyl (C=O) groups is 2. The van der Waals surface area contributed by atoms with Gasteiger partial charge in [-0.05, 0) is 31.5 Å². The number of nitrogens with two attached hydrogens (primary N) is 1. The van der Waals surface area contributed by atoms with Gasteiger partial charge in [0.2, 0.25) is 5.91 Å². The van der Waals surface area contributed by atoms with Crippen LogP contribution in [0.2, 0.25) is 0 Å². The molecule has 0 radical (unpaired) electrons. The number of rotatable bonds is 6. The molecule has 0 saturated heterocycles. The Labute approximate surface area is 111 Å². The van der Waals surface area contributed by atoms with Crippen molar-refractivity contribution in [3.8, 4) is 5.75 Å². The predicted molar refractivity (Wildman–Crippen MR) is 69.5 cm³/mol. The van der Waals surface area contributed by atoms with Crippen LogP contribution >= 0.6 is 0 Å². The first kappa shape index (κ1) is 15.0. The quantitative estimate of drug-likeness (QED) is 0.405. The van der Waals surface area contributed by atoms with E-state index in [1.165, 1.54) is 0 Å². The fourth-order valence-electron chi connectivity index (χ4n) is 1.69. The Morgan fingerprint density at radius 2 is 1.89 bits per heavy atom. The fourth-order valence-corrected chi connectivity index (χ4v) is 1.69. The van der Waals surface area contributed by atoms with Crippen LogP contribution in [-0.2, 0) is 9.59 Å². The molecule has 0 spiro atoms. The van der Waals surface area contributed by atoms with Crippen LogP contribution in [0.25, 0.3) is 0 Å². The molecule has 1 atom stereocenters. The topological polar surface area (TPSA) is 102 Å². The first-order valence-corrected chi connectivity index (χ1v) is 5.93. The lowest BCUT2D eigenvalue weighted by Gasteiger charge is -2.15. The summed E-state index contributed by atoms with van der Waals surface area (Å²) in [5.74, 6) is 3.34. The van der Waals surface area contributed by atoms with E-state index in [-0.39, 0.29) is 12.5 Å². The van der Waals surface area contributed by atoms with Gasteiger partial charge in [0.25, 0.3) is 0 Å². The van der Waals surface area contributed by atoms with E-state index in [1.54, 1.807) is 24.3 Å². The summed E-state index contributed by atoms with van der Waals surface area (Å²) < 4.78 is 5.48. The summed E-state index contributed by atoms with van der Waals surface area (Å²) in [5, 5.41) is 8.82. The van der Waals surface area contributed by atoms with Crippen LogP contribution in [0.15, 0.2) is 24.3 Å². The molecule has 0 aromatic heterocycles. The van der Waals surface area contributed by atoms with Crippen molar-refractivity contribution >= 4 is 11.9 Å². The minimum absolute atomic E-state index is 0.0491. The summed E-state index contributed by atoms with van der Waals surface area (Å²) >= 11 is 0. The smallest absolute Gasteiger partial charge is 0.304 e. The first-order valence-electron chi connectivity index (χ1n) is 5.93. The second-order valence-corrected chi connectivity index (χ2v) is 4.39. The fraction of sp³-hybridized carbons (Fsp3) is 0.385. The highest BCUT2D eigenvalue weighted by Crippen LogP contribution is 2.23. The van der Waals surface area contributed by atoms with E-state index in [4.69, 9.17) is 15.7 Å². The molecule has 0 fully saturated rings. The zero-order chi connectivity index (χ0) is 14.4. The average molecular weight is 266 g/mol. The summed E-state index contributed by atoms with van der Waals surface area (Å²) in [4.78, 5) is 22.4. The molecule has 0 unspecified atom stereocenters. The molecule has 0 saturated carbocycles. The van der Waals surface area contributed by atoms with Gasteiger partial charge in [0.15, 0.2) is 0 Å². The maximum atomic E-state index is 11.6. The number of amides is 1. The zero-order valence-electron chi connectivity index (χ0n) is 10.9. The molecular formula is C13H18N2O4. The maximum absolute atomic E-state index is 11.6. The molecule has 1 aromatic rings. The van der Waals surface area contributed by atoms with Crippen molar-refractivity contribution in [2.45, 2.75) is 32.3 Å². The number of hydrogen-bond acceptors (Lipinski definition) is 4. The number of hydrazine groups is 1. The number of nitrogens with one attached hydrogen (secondary N) is 1. The minimum Gasteiger partial charge on any atom is -0.491 e. The summed E-state index contributed by atoms with van der Waals surface area (Å²) in [7, 11) is 0. The third-order valence-electron chi connectivity index (χ3n) is 2.49. The van der Waals surface area contributed by atoms with Gasteiger partial charge in [-0.1, -0.05) is 12.1 Å². The largest absolute Gasteiger partial charge is 0.491 e. The van der Waals surface area contributed by atoms with Gasteiger partial charge in [0, 0.05) is 0 Å². The second kappa shape index (κ2) is 6.75. The molecule has 104 valence electrons. The first-order chi connectivity index (χ1) is 8.93. The van der Waals surface area contributed by atoms with Crippen LogP contribution < -0.4 is 16.0 Å². The SMILES string of the molecule is CC(C)Oc1ccc([C@H](CC(=O)O)C(=O)NN)cc1. The van der Waals surface area contributed by atoms with Crippen LogP contribution in [0.5, 0.6) is 5.75 Å². The summed E-state index contributed by atoms with van der Waals surface area (Å²) in [5.41, 5.74) is 2.57. The molecule has 0 aliphatic rings. The van der Waals surface area contributed by atoms with Gasteiger partial charge in [-0.15, -0.1) is 0 Å². The molecule has 1 aromatic carbocycles. The Hall–Kier alpha value is -2.08. The van der Waals surface area contributed by atoms with E-state index in [0.717, 1.165) is 0 Å². The molecule has 0 aliphatic carbocycles. The highest BCUT2D eigenvalue weighted by Gasteiger charge is 2.23. The molecule has 1 rings (SSSR count). The van der Waals surface area contributed by atoms with Crippen LogP contribution in [0.1, 0.15) is 31.7 Å². The van der Waals surface area contributed by atoms with Crippen LogP contribution in [-0.4, -0.2) is 23.1 Å². The molecule has 6 heteroatoms. The highest BCUT2D eigenvalue weighted by atomic mass is 16.5. The van der Waals surface area contributed by atoms with Crippen molar-refractivity contribution in [1.29, 1.82) is 0 Å². The molecule has 0 bridgehead atoms. The van der Waals surface area contributed by atoms with E-state index in [2.05, 4.69) is 0 Å². The number of carbonyl (C=O) groups excluding carboxylic acids is 1. The summed E-state index contributed by atoms with van der Waals surface area (Å²) in [6, 6.07) is 6.74. The van der Waals surface area contributed by atoms with Gasteiger partial charge >= 0.3 is 5.97 Å². The zero-order valence-corrected chi connectivity index (χ0v) is 10.9. The van der Waals surface area contributed by atoms with Crippen LogP contribution in [0.3, 0.4) is 0 Å². The maximum Gasteiger partial charge on any atom is 0.304 e. The number of hydrogen-bond donors (Lipinski definition) is 3. The lowest BCUT2D eigenvalue weighted by Crippen LogP contribution is -2.35. The van der Waals surface area contributed by atoms with Crippen molar-refractivity contribution in [2.24, 2.45) is 5.84 Å². The van der Waals surface area contributed by atoms with E-state index >= 15 is 0 Å². The average Bonchev–Trinajstić information content (AvgIpc) is 2.35. The van der Waals surface area contributed by atoms with Gasteiger partial charge in [0.05, 0.1) is 18.4 Å². The predicted octanol–water partition coefficient (Wildman–Crippen LogP) is 1.02. The molecule has 0 heterocycles. The van der Waals surface area contributed by atoms with Gasteiger partial charge in [-0.25, -0.2) is 5.84 Å². The molecule has 19 heavy (non-hydrogen) atoms. The Bertz CT molecular complexity index is 442. The standard InChI is InChI=1S/C13H18N2O4/c1-8(2)19-10-5-3-9(4-6-10)11(7-12(16)17)13(18)15-14/h3-6,8,11H,7,14H2,1-2H3,(H,15,18)(H,16,17)/t11-/m0/s1. The minimum atomic E-state index is -1.06. The monoisotopic (exact) mass is 266 g/mol. The Morgan fingerprint density at radius 3 is 2.32 bits per heavy atom. The number of carboxylic acid groups (broad SMARTS) is 1. The van der Waals surface area contributed by atoms with Crippen molar-refractivity contribution in [2.75, 3.05) is 0 Å².